The Kier molecular flexibility index (Phi) is 30.8. The van der Waals surface area contributed by atoms with Crippen molar-refractivity contribution >= 4 is 93.5 Å². The molecule has 2 heterocycles. The molecule has 0 aromatic heterocycles. The summed E-state index contributed by atoms with van der Waals surface area (Å²) in [7, 11) is 10.0. The summed E-state index contributed by atoms with van der Waals surface area (Å²) in [6, 6.07) is -1.15. The number of hydrogen-bond donors (Lipinski definition) is 4. The Balaban J connectivity index is 1.86. The Hall–Kier alpha value is -6.41. The van der Waals surface area contributed by atoms with Gasteiger partial charge in [-0.15, -0.1) is 0 Å². The first-order valence-electron chi connectivity index (χ1n) is 33.2. The van der Waals surface area contributed by atoms with Crippen LogP contribution in [0.5, 0.6) is 0 Å². The summed E-state index contributed by atoms with van der Waals surface area (Å²) >= 11 is 2.14. The van der Waals surface area contributed by atoms with Crippen molar-refractivity contribution in [3.63, 3.8) is 0 Å². The molecule has 2 aliphatic heterocycles. The van der Waals surface area contributed by atoms with E-state index in [2.05, 4.69) is 43.9 Å². The number of likely N-dealkylation sites (tertiary alicyclic amines) is 1. The SMILES string of the molecule is CCCC[C@@H]1NC(=O)[C@H](Cc2cccc(I)c2)NC(=O)CN(C)C(=O)[C@H](CC2CCCC2)N(C)C(=O)CN(C)C(=O)CN(C)C(=O)[C@H]([C@@H](C)CC)NC(=O)[C@H](CC(C)C)N(C)C(=O)CC(C(=O)N2CCCCC2)N(C)C(=O)[C@H](CC(C)C)NC(=O)C(C)(C)N(C)C1=O. The standard InChI is InChI=1S/C67H109IN12O12/c1-17-19-30-48-62(88)79(16)67(8,9)66(92)71-50(33-42(3)4)61(87)78(15)53(64(90)80-31-23-20-24-32-80)38-55(82)76(13)51(34-43(5)6)60(86)72-58(44(7)18-2)65(91)75(12)40-56(83)73(10)41-57(84)77(14)52(37-45-26-21-22-27-45)63(89)74(11)39-54(81)69-49(59(85)70-48)36-46-28-25-29-47(68)35-46/h25,28-29,35,42-45,48-53,58H,17-24,26-27,30-34,36-41H2,1-16H3,(H,69,81)(H,70,85)(H,71,92)(H,72,86)/t44-,48-,49-,50-,51-,52-,53?,58-/m0/s1. The number of unbranched alkanes of at least 4 members (excludes halogenated alkanes) is 1. The maximum absolute atomic E-state index is 15.1. The number of rotatable bonds is 14. The second-order valence-electron chi connectivity index (χ2n) is 27.4. The Bertz CT molecular complexity index is 2750. The lowest BCUT2D eigenvalue weighted by Crippen LogP contribution is -2.63. The van der Waals surface area contributed by atoms with Gasteiger partial charge in [0.2, 0.25) is 70.9 Å². The molecule has 12 amide bonds. The second kappa shape index (κ2) is 36.3. The first-order valence-corrected chi connectivity index (χ1v) is 34.3. The molecular weight excluding hydrogens is 1290 g/mol. The van der Waals surface area contributed by atoms with E-state index in [0.29, 0.717) is 50.8 Å². The maximum Gasteiger partial charge on any atom is 0.246 e. The van der Waals surface area contributed by atoms with Crippen molar-refractivity contribution in [2.75, 3.05) is 82.1 Å². The third kappa shape index (κ3) is 22.1. The Morgan fingerprint density at radius 1 is 0.609 bits per heavy atom. The summed E-state index contributed by atoms with van der Waals surface area (Å²) in [5.41, 5.74) is -0.983. The molecule has 0 bridgehead atoms. The summed E-state index contributed by atoms with van der Waals surface area (Å²) in [6.45, 7) is 15.3. The van der Waals surface area contributed by atoms with Crippen molar-refractivity contribution in [2.45, 2.75) is 213 Å². The minimum atomic E-state index is -1.67. The topological polar surface area (TPSA) is 279 Å². The molecule has 1 aromatic rings. The van der Waals surface area contributed by atoms with Crippen LogP contribution in [-0.4, -0.2) is 240 Å². The lowest BCUT2D eigenvalue weighted by Gasteiger charge is -2.39. The van der Waals surface area contributed by atoms with Gasteiger partial charge in [0.1, 0.15) is 47.8 Å². The highest BCUT2D eigenvalue weighted by Gasteiger charge is 2.44. The fourth-order valence-electron chi connectivity index (χ4n) is 12.1. The fraction of sp³-hybridized carbons (Fsp3) is 0.731. The van der Waals surface area contributed by atoms with Crippen LogP contribution in [-0.2, 0) is 64.0 Å². The van der Waals surface area contributed by atoms with Crippen LogP contribution in [0.15, 0.2) is 24.3 Å². The molecule has 92 heavy (non-hydrogen) atoms. The maximum atomic E-state index is 15.1. The van der Waals surface area contributed by atoms with E-state index in [1.54, 1.807) is 17.9 Å². The second-order valence-corrected chi connectivity index (χ2v) is 28.6. The summed E-state index contributed by atoms with van der Waals surface area (Å²) in [5, 5.41) is 11.5. The molecular formula is C67H109IN12O12. The number of hydrogen-bond acceptors (Lipinski definition) is 12. The monoisotopic (exact) mass is 1400 g/mol. The van der Waals surface area contributed by atoms with E-state index in [9.17, 15) is 52.7 Å². The lowest BCUT2D eigenvalue weighted by molar-refractivity contribution is -0.152. The highest BCUT2D eigenvalue weighted by Crippen LogP contribution is 2.31. The number of carbonyl (C=O) groups excluding carboxylic acids is 12. The quantitative estimate of drug-likeness (QED) is 0.191. The van der Waals surface area contributed by atoms with Crippen LogP contribution in [0.2, 0.25) is 0 Å². The third-order valence-electron chi connectivity index (χ3n) is 18.7. The Morgan fingerprint density at radius 2 is 1.21 bits per heavy atom. The molecule has 8 atom stereocenters. The zero-order valence-corrected chi connectivity index (χ0v) is 60.0. The number of carbonyl (C=O) groups is 12. The van der Waals surface area contributed by atoms with E-state index in [0.717, 1.165) is 40.6 Å². The van der Waals surface area contributed by atoms with E-state index in [4.69, 9.17) is 0 Å². The van der Waals surface area contributed by atoms with E-state index in [1.165, 1.54) is 92.6 Å². The smallest absolute Gasteiger partial charge is 0.246 e. The van der Waals surface area contributed by atoms with Crippen LogP contribution in [0.3, 0.4) is 0 Å². The highest BCUT2D eigenvalue weighted by atomic mass is 127. The summed E-state index contributed by atoms with van der Waals surface area (Å²) in [6.07, 6.45) is 7.53. The predicted octanol–water partition coefficient (Wildman–Crippen LogP) is 4.19. The normalized spacial score (nSPS) is 25.3. The van der Waals surface area contributed by atoms with Crippen LogP contribution in [0.25, 0.3) is 0 Å². The molecule has 1 unspecified atom stereocenters. The van der Waals surface area contributed by atoms with Gasteiger partial charge >= 0.3 is 0 Å². The van der Waals surface area contributed by atoms with Crippen molar-refractivity contribution in [1.82, 2.24) is 60.5 Å². The van der Waals surface area contributed by atoms with Gasteiger partial charge in [0, 0.05) is 72.4 Å². The summed E-state index contributed by atoms with van der Waals surface area (Å²) in [4.78, 5) is 186. The van der Waals surface area contributed by atoms with Crippen molar-refractivity contribution < 1.29 is 57.5 Å². The molecule has 0 spiro atoms. The van der Waals surface area contributed by atoms with E-state index < -0.39 is 151 Å². The number of nitrogens with zero attached hydrogens (tertiary/aromatic N) is 8. The predicted molar refractivity (Wildman–Crippen MR) is 360 cm³/mol. The molecule has 4 N–H and O–H groups in total. The van der Waals surface area contributed by atoms with Crippen LogP contribution >= 0.6 is 22.6 Å². The molecule has 2 saturated heterocycles. The molecule has 25 heteroatoms. The van der Waals surface area contributed by atoms with E-state index >= 15 is 4.79 Å². The van der Waals surface area contributed by atoms with E-state index in [1.807, 2.05) is 59.7 Å². The molecule has 4 rings (SSSR count). The van der Waals surface area contributed by atoms with Gasteiger partial charge in [-0.25, -0.2) is 0 Å². The van der Waals surface area contributed by atoms with Crippen LogP contribution < -0.4 is 21.3 Å². The molecule has 3 fully saturated rings. The van der Waals surface area contributed by atoms with Crippen molar-refractivity contribution in [3.05, 3.63) is 33.4 Å². The molecule has 0 radical (unpaired) electrons. The third-order valence-corrected chi connectivity index (χ3v) is 19.4. The van der Waals surface area contributed by atoms with Gasteiger partial charge in [-0.05, 0) is 123 Å². The van der Waals surface area contributed by atoms with Gasteiger partial charge in [0.05, 0.1) is 26.1 Å². The van der Waals surface area contributed by atoms with Crippen LogP contribution in [0.4, 0.5) is 0 Å². The average Bonchev–Trinajstić information content (AvgIpc) is 0.865. The number of piperidine rings is 1. The fourth-order valence-corrected chi connectivity index (χ4v) is 12.8. The van der Waals surface area contributed by atoms with Gasteiger partial charge in [0.15, 0.2) is 0 Å². The highest BCUT2D eigenvalue weighted by molar-refractivity contribution is 14.1. The molecule has 516 valence electrons. The van der Waals surface area contributed by atoms with Crippen molar-refractivity contribution in [1.29, 1.82) is 0 Å². The summed E-state index contributed by atoms with van der Waals surface area (Å²) in [5.74, 6) is -8.25. The summed E-state index contributed by atoms with van der Waals surface area (Å²) < 4.78 is 0.865. The lowest BCUT2D eigenvalue weighted by atomic mass is 9.95. The molecule has 3 aliphatic rings. The van der Waals surface area contributed by atoms with Crippen LogP contribution in [0, 0.1) is 27.2 Å². The number of halogens is 1. The van der Waals surface area contributed by atoms with Gasteiger partial charge in [-0.1, -0.05) is 106 Å². The van der Waals surface area contributed by atoms with Gasteiger partial charge < -0.3 is 60.5 Å². The molecule has 24 nitrogen and oxygen atoms in total. The van der Waals surface area contributed by atoms with Crippen LogP contribution in [0.1, 0.15) is 164 Å². The Morgan fingerprint density at radius 3 is 1.79 bits per heavy atom. The Labute approximate surface area is 560 Å². The average molecular weight is 1400 g/mol. The molecule has 1 aliphatic carbocycles. The zero-order valence-electron chi connectivity index (χ0n) is 57.9. The van der Waals surface area contributed by atoms with E-state index in [-0.39, 0.29) is 49.9 Å². The largest absolute Gasteiger partial charge is 0.343 e. The van der Waals surface area contributed by atoms with Gasteiger partial charge in [-0.3, -0.25) is 57.5 Å². The molecule has 1 aromatic carbocycles. The minimum absolute atomic E-state index is 0.00897. The van der Waals surface area contributed by atoms with Gasteiger partial charge in [-0.2, -0.15) is 0 Å². The van der Waals surface area contributed by atoms with Crippen molar-refractivity contribution in [3.8, 4) is 0 Å². The van der Waals surface area contributed by atoms with Crippen molar-refractivity contribution in [2.24, 2.45) is 23.7 Å². The number of nitrogens with one attached hydrogen (secondary N) is 4. The van der Waals surface area contributed by atoms with Gasteiger partial charge in [0.25, 0.3) is 0 Å². The minimum Gasteiger partial charge on any atom is -0.343 e. The number of amides is 12. The zero-order chi connectivity index (χ0) is 69.1. The first kappa shape index (κ1) is 78.0. The number of benzene rings is 1. The molecule has 1 saturated carbocycles. The first-order chi connectivity index (χ1) is 43.1. The number of likely N-dealkylation sites (N-methyl/N-ethyl adjacent to an activating group) is 7.